The molecule has 0 saturated heterocycles. The molecule has 1 aliphatic carbocycles. The lowest BCUT2D eigenvalue weighted by Gasteiger charge is -2.20. The molecule has 0 spiro atoms. The Hall–Kier alpha value is -2.65. The van der Waals surface area contributed by atoms with E-state index in [1.165, 1.54) is 10.6 Å². The maximum atomic E-state index is 12.1. The number of hydrogen-bond acceptors (Lipinski definition) is 6. The molecule has 1 aromatic carbocycles. The standard InChI is InChI=1S/C22H24N2O3S/c1-4-24-19-10-9-17(26-3)13-20(19)28-21(24)12-15-7-6-8-16(11-15)18(14-23)22(25)27-5-2/h9-13H,4-8H2,1-3H3/b18-16-,21-12-. The fourth-order valence-corrected chi connectivity index (χ4v) is 4.65. The van der Waals surface area contributed by atoms with Crippen molar-refractivity contribution in [1.29, 1.82) is 5.26 Å². The highest BCUT2D eigenvalue weighted by atomic mass is 32.2. The Morgan fingerprint density at radius 3 is 2.86 bits per heavy atom. The molecule has 0 saturated carbocycles. The average molecular weight is 397 g/mol. The number of ether oxygens (including phenoxy) is 2. The van der Waals surface area contributed by atoms with Crippen LogP contribution < -0.4 is 9.64 Å². The summed E-state index contributed by atoms with van der Waals surface area (Å²) >= 11 is 1.72. The van der Waals surface area contributed by atoms with Crippen LogP contribution in [0.1, 0.15) is 33.1 Å². The third kappa shape index (κ3) is 4.10. The smallest absolute Gasteiger partial charge is 0.349 e. The number of fused-ring (bicyclic) bond motifs is 1. The summed E-state index contributed by atoms with van der Waals surface area (Å²) < 4.78 is 10.4. The first kappa shape index (κ1) is 20.1. The zero-order valence-electron chi connectivity index (χ0n) is 16.4. The molecule has 3 rings (SSSR count). The summed E-state index contributed by atoms with van der Waals surface area (Å²) in [4.78, 5) is 15.5. The molecule has 146 valence electrons. The second-order valence-corrected chi connectivity index (χ2v) is 7.53. The first-order valence-electron chi connectivity index (χ1n) is 9.47. The van der Waals surface area contributed by atoms with Crippen LogP contribution in [-0.4, -0.2) is 26.2 Å². The fourth-order valence-electron chi connectivity index (χ4n) is 3.42. The van der Waals surface area contributed by atoms with Gasteiger partial charge in [0.15, 0.2) is 0 Å². The van der Waals surface area contributed by atoms with E-state index in [4.69, 9.17) is 9.47 Å². The van der Waals surface area contributed by atoms with Gasteiger partial charge >= 0.3 is 5.97 Å². The van der Waals surface area contributed by atoms with Crippen molar-refractivity contribution in [3.63, 3.8) is 0 Å². The normalized spacial score (nSPS) is 19.0. The monoisotopic (exact) mass is 396 g/mol. The predicted molar refractivity (Wildman–Crippen MR) is 111 cm³/mol. The third-order valence-electron chi connectivity index (χ3n) is 4.75. The molecule has 0 atom stereocenters. The Morgan fingerprint density at radius 1 is 1.36 bits per heavy atom. The summed E-state index contributed by atoms with van der Waals surface area (Å²) in [6.07, 6.45) is 6.69. The maximum Gasteiger partial charge on any atom is 0.349 e. The van der Waals surface area contributed by atoms with E-state index in [1.54, 1.807) is 25.8 Å². The minimum Gasteiger partial charge on any atom is -0.497 e. The molecule has 0 bridgehead atoms. The number of nitrogens with zero attached hydrogens (tertiary/aromatic N) is 2. The molecule has 28 heavy (non-hydrogen) atoms. The Morgan fingerprint density at radius 2 is 2.18 bits per heavy atom. The molecule has 1 aromatic rings. The second kappa shape index (κ2) is 9.03. The van der Waals surface area contributed by atoms with E-state index in [1.807, 2.05) is 18.2 Å². The van der Waals surface area contributed by atoms with Gasteiger partial charge in [0.05, 0.1) is 24.4 Å². The Bertz CT molecular complexity index is 909. The lowest BCUT2D eigenvalue weighted by molar-refractivity contribution is -0.138. The second-order valence-electron chi connectivity index (χ2n) is 6.47. The third-order valence-corrected chi connectivity index (χ3v) is 5.84. The van der Waals surface area contributed by atoms with E-state index < -0.39 is 5.97 Å². The quantitative estimate of drug-likeness (QED) is 0.398. The first-order valence-corrected chi connectivity index (χ1v) is 10.3. The summed E-state index contributed by atoms with van der Waals surface area (Å²) in [6.45, 7) is 5.00. The van der Waals surface area contributed by atoms with Crippen LogP contribution in [-0.2, 0) is 9.53 Å². The number of carbonyl (C=O) groups is 1. The number of nitriles is 1. The van der Waals surface area contributed by atoms with Gasteiger partial charge in [-0.05, 0) is 68.5 Å². The largest absolute Gasteiger partial charge is 0.497 e. The van der Waals surface area contributed by atoms with Gasteiger partial charge in [-0.2, -0.15) is 5.26 Å². The predicted octanol–water partition coefficient (Wildman–Crippen LogP) is 4.96. The number of thioether (sulfide) groups is 1. The van der Waals surface area contributed by atoms with Crippen LogP contribution in [0.25, 0.3) is 0 Å². The van der Waals surface area contributed by atoms with Crippen molar-refractivity contribution < 1.29 is 14.3 Å². The molecule has 0 N–H and O–H groups in total. The minimum absolute atomic E-state index is 0.122. The molecule has 1 heterocycles. The van der Waals surface area contributed by atoms with E-state index in [9.17, 15) is 10.1 Å². The van der Waals surface area contributed by atoms with Crippen LogP contribution in [0.4, 0.5) is 5.69 Å². The van der Waals surface area contributed by atoms with Crippen LogP contribution >= 0.6 is 11.8 Å². The average Bonchev–Trinajstić information content (AvgIpc) is 3.05. The van der Waals surface area contributed by atoms with Gasteiger partial charge in [-0.3, -0.25) is 0 Å². The van der Waals surface area contributed by atoms with E-state index >= 15 is 0 Å². The topological polar surface area (TPSA) is 62.6 Å². The molecule has 5 nitrogen and oxygen atoms in total. The van der Waals surface area contributed by atoms with Crippen LogP contribution in [0.3, 0.4) is 0 Å². The number of allylic oxidation sites excluding steroid dienone is 4. The summed E-state index contributed by atoms with van der Waals surface area (Å²) in [6, 6.07) is 8.14. The number of carbonyl (C=O) groups excluding carboxylic acids is 1. The molecule has 1 aliphatic heterocycles. The Balaban J connectivity index is 1.93. The first-order chi connectivity index (χ1) is 13.6. The summed E-state index contributed by atoms with van der Waals surface area (Å²) in [5, 5.41) is 10.6. The van der Waals surface area contributed by atoms with Gasteiger partial charge in [-0.25, -0.2) is 4.79 Å². The summed E-state index contributed by atoms with van der Waals surface area (Å²) in [5.41, 5.74) is 3.19. The van der Waals surface area contributed by atoms with Crippen molar-refractivity contribution in [2.75, 3.05) is 25.2 Å². The molecule has 0 fully saturated rings. The Labute approximate surface area is 170 Å². The van der Waals surface area contributed by atoms with Crippen LogP contribution in [0, 0.1) is 11.3 Å². The molecular formula is C22H24N2O3S. The number of rotatable bonds is 5. The SMILES string of the molecule is CCOC(=O)/C(C#N)=C1C=C(/C=C2\Sc3cc(OC)ccc3N2CC)CCC\1. The summed E-state index contributed by atoms with van der Waals surface area (Å²) in [5.74, 6) is 0.314. The van der Waals surface area contributed by atoms with Gasteiger partial charge in [0, 0.05) is 11.4 Å². The lowest BCUT2D eigenvalue weighted by Crippen LogP contribution is -2.16. The zero-order valence-corrected chi connectivity index (χ0v) is 17.3. The van der Waals surface area contributed by atoms with Gasteiger partial charge in [-0.1, -0.05) is 17.8 Å². The van der Waals surface area contributed by atoms with E-state index in [0.29, 0.717) is 0 Å². The molecule has 2 aliphatic rings. The Kier molecular flexibility index (Phi) is 6.48. The van der Waals surface area contributed by atoms with Crippen molar-refractivity contribution in [1.82, 2.24) is 0 Å². The number of benzene rings is 1. The number of methoxy groups -OCH3 is 1. The van der Waals surface area contributed by atoms with E-state index in [0.717, 1.165) is 47.7 Å². The van der Waals surface area contributed by atoms with Crippen LogP contribution in [0.5, 0.6) is 5.75 Å². The number of esters is 1. The van der Waals surface area contributed by atoms with Gasteiger partial charge in [0.2, 0.25) is 0 Å². The van der Waals surface area contributed by atoms with E-state index in [2.05, 4.69) is 30.0 Å². The zero-order chi connectivity index (χ0) is 20.1. The van der Waals surface area contributed by atoms with Gasteiger partial charge in [-0.15, -0.1) is 0 Å². The maximum absolute atomic E-state index is 12.1. The molecule has 0 radical (unpaired) electrons. The van der Waals surface area contributed by atoms with Crippen molar-refractivity contribution >= 4 is 23.4 Å². The van der Waals surface area contributed by atoms with Gasteiger partial charge in [0.1, 0.15) is 17.4 Å². The van der Waals surface area contributed by atoms with Crippen molar-refractivity contribution in [2.24, 2.45) is 0 Å². The number of hydrogen-bond donors (Lipinski definition) is 0. The van der Waals surface area contributed by atoms with Gasteiger partial charge in [0.25, 0.3) is 0 Å². The van der Waals surface area contributed by atoms with Crippen molar-refractivity contribution in [2.45, 2.75) is 38.0 Å². The minimum atomic E-state index is -0.532. The lowest BCUT2D eigenvalue weighted by atomic mass is 9.92. The molecule has 0 amide bonds. The molecule has 0 unspecified atom stereocenters. The summed E-state index contributed by atoms with van der Waals surface area (Å²) in [7, 11) is 1.67. The number of anilines is 1. The van der Waals surface area contributed by atoms with E-state index in [-0.39, 0.29) is 12.2 Å². The fraction of sp³-hybridized carbons (Fsp3) is 0.364. The highest BCUT2D eigenvalue weighted by Gasteiger charge is 2.25. The van der Waals surface area contributed by atoms with Crippen LogP contribution in [0.15, 0.2) is 57.0 Å². The highest BCUT2D eigenvalue weighted by molar-refractivity contribution is 8.03. The van der Waals surface area contributed by atoms with Crippen molar-refractivity contribution in [3.8, 4) is 11.8 Å². The highest BCUT2D eigenvalue weighted by Crippen LogP contribution is 2.47. The molecule has 0 aromatic heterocycles. The molecular weight excluding hydrogens is 372 g/mol. The van der Waals surface area contributed by atoms with Gasteiger partial charge < -0.3 is 14.4 Å². The van der Waals surface area contributed by atoms with Crippen molar-refractivity contribution in [3.05, 3.63) is 52.1 Å². The van der Waals surface area contributed by atoms with Crippen LogP contribution in [0.2, 0.25) is 0 Å². The molecule has 6 heteroatoms.